The summed E-state index contributed by atoms with van der Waals surface area (Å²) >= 11 is 0. The molecular weight excluding hydrogens is 798 g/mol. The lowest BCUT2D eigenvalue weighted by Crippen LogP contribution is -2.38. The first-order valence-electron chi connectivity index (χ1n) is 21.4. The first-order chi connectivity index (χ1) is 29.3. The van der Waals surface area contributed by atoms with Crippen LogP contribution in [0, 0.1) is 0 Å². The number of ether oxygens (including phenoxy) is 12. The molecule has 0 radical (unpaired) electrons. The lowest BCUT2D eigenvalue weighted by Gasteiger charge is -2.27. The minimum Gasteiger partial charge on any atom is -0.396 e. The number of rotatable bonds is 51. The van der Waals surface area contributed by atoms with Gasteiger partial charge in [0, 0.05) is 39.3 Å². The van der Waals surface area contributed by atoms with Gasteiger partial charge in [0.1, 0.15) is 5.78 Å². The second-order valence-corrected chi connectivity index (χ2v) is 13.5. The van der Waals surface area contributed by atoms with Crippen LogP contribution in [-0.4, -0.2) is 257 Å². The van der Waals surface area contributed by atoms with E-state index in [1.165, 1.54) is 0 Å². The molecule has 360 valence electrons. The number of aliphatic hydroxyl groups excluding tert-OH is 6. The molecule has 20 heteroatoms. The Morgan fingerprint density at radius 3 is 0.800 bits per heavy atom. The minimum atomic E-state index is -1.02. The summed E-state index contributed by atoms with van der Waals surface area (Å²) in [6.07, 6.45) is -2.89. The molecule has 0 rings (SSSR count). The maximum Gasteiger partial charge on any atom is 0.132 e. The van der Waals surface area contributed by atoms with Gasteiger partial charge in [-0.05, 0) is 32.6 Å². The van der Waals surface area contributed by atoms with Crippen LogP contribution in [0.15, 0.2) is 0 Å². The molecule has 0 heterocycles. The summed E-state index contributed by atoms with van der Waals surface area (Å²) in [7, 11) is 0. The van der Waals surface area contributed by atoms with E-state index < -0.39 is 24.4 Å². The molecule has 0 aliphatic carbocycles. The van der Waals surface area contributed by atoms with Crippen molar-refractivity contribution in [1.29, 1.82) is 0 Å². The first kappa shape index (κ1) is 58.9. The van der Waals surface area contributed by atoms with E-state index in [0.717, 1.165) is 0 Å². The number of ketones is 1. The highest BCUT2D eigenvalue weighted by Gasteiger charge is 2.20. The fraction of sp³-hybridized carbons (Fsp3) is 0.975. The summed E-state index contributed by atoms with van der Waals surface area (Å²) < 4.78 is 65.7. The van der Waals surface area contributed by atoms with Crippen molar-refractivity contribution in [3.63, 3.8) is 0 Å². The highest BCUT2D eigenvalue weighted by Crippen LogP contribution is 2.08. The lowest BCUT2D eigenvalue weighted by molar-refractivity contribution is -0.118. The van der Waals surface area contributed by atoms with Crippen molar-refractivity contribution >= 4 is 5.78 Å². The van der Waals surface area contributed by atoms with Crippen LogP contribution in [0.2, 0.25) is 0 Å². The lowest BCUT2D eigenvalue weighted by atomic mass is 10.1. The molecule has 0 spiro atoms. The Hall–Kier alpha value is -1.09. The van der Waals surface area contributed by atoms with Gasteiger partial charge in [-0.25, -0.2) is 0 Å². The van der Waals surface area contributed by atoms with Crippen LogP contribution in [0.5, 0.6) is 0 Å². The van der Waals surface area contributed by atoms with Gasteiger partial charge in [-0.2, -0.15) is 0 Å². The Labute approximate surface area is 357 Å². The number of aliphatic hydroxyl groups is 6. The van der Waals surface area contributed by atoms with Gasteiger partial charge in [0.05, 0.1) is 183 Å². The molecule has 60 heavy (non-hydrogen) atoms. The molecule has 0 saturated carbocycles. The number of hydrogen-bond donors (Lipinski definition) is 6. The van der Waals surface area contributed by atoms with Crippen LogP contribution in [-0.2, 0) is 61.6 Å². The first-order valence-corrected chi connectivity index (χ1v) is 21.4. The maximum absolute atomic E-state index is 10.8. The summed E-state index contributed by atoms with van der Waals surface area (Å²) in [5, 5.41) is 58.1. The van der Waals surface area contributed by atoms with E-state index in [4.69, 9.17) is 67.1 Å². The van der Waals surface area contributed by atoms with Crippen molar-refractivity contribution in [3.8, 4) is 0 Å². The van der Waals surface area contributed by atoms with Crippen molar-refractivity contribution in [1.82, 2.24) is 4.90 Å². The van der Waals surface area contributed by atoms with Crippen molar-refractivity contribution in [2.45, 2.75) is 63.4 Å². The number of carbonyl (C=O) groups excluding carboxylic acids is 1. The Balaban J connectivity index is 3.46. The fourth-order valence-electron chi connectivity index (χ4n) is 4.93. The van der Waals surface area contributed by atoms with Gasteiger partial charge in [0.25, 0.3) is 0 Å². The van der Waals surface area contributed by atoms with Crippen LogP contribution in [0.3, 0.4) is 0 Å². The Morgan fingerprint density at radius 2 is 0.567 bits per heavy atom. The number of hydrogen-bond acceptors (Lipinski definition) is 20. The SMILES string of the molecule is CC(=O)CCOCCOCCOCCOCCOCCOCCOCCOCCOCCOCCOCCOCCN(CCC(O)C(O)CCO)CCC(O)C(O)CCO. The van der Waals surface area contributed by atoms with E-state index in [0.29, 0.717) is 185 Å². The van der Waals surface area contributed by atoms with Gasteiger partial charge in [0.2, 0.25) is 0 Å². The summed E-state index contributed by atoms with van der Waals surface area (Å²) in [6.45, 7) is 13.3. The average Bonchev–Trinajstić information content (AvgIpc) is 3.23. The van der Waals surface area contributed by atoms with Crippen molar-refractivity contribution in [2.75, 3.05) is 191 Å². The molecule has 0 aromatic carbocycles. The van der Waals surface area contributed by atoms with E-state index >= 15 is 0 Å². The highest BCUT2D eigenvalue weighted by molar-refractivity contribution is 5.75. The van der Waals surface area contributed by atoms with Crippen LogP contribution >= 0.6 is 0 Å². The van der Waals surface area contributed by atoms with Crippen LogP contribution < -0.4 is 0 Å². The molecule has 0 aliphatic rings. The van der Waals surface area contributed by atoms with Crippen molar-refractivity contribution in [3.05, 3.63) is 0 Å². The zero-order valence-electron chi connectivity index (χ0n) is 36.3. The van der Waals surface area contributed by atoms with E-state index in [-0.39, 0.29) is 44.7 Å². The third-order valence-electron chi connectivity index (χ3n) is 8.46. The molecule has 4 atom stereocenters. The predicted octanol–water partition coefficient (Wildman–Crippen LogP) is -1.54. The average molecular weight is 880 g/mol. The monoisotopic (exact) mass is 880 g/mol. The zero-order chi connectivity index (χ0) is 44.0. The molecular formula is C40H81NO19. The normalized spacial score (nSPS) is 13.9. The zero-order valence-corrected chi connectivity index (χ0v) is 36.3. The third-order valence-corrected chi connectivity index (χ3v) is 8.46. The van der Waals surface area contributed by atoms with Gasteiger partial charge < -0.3 is 92.4 Å². The van der Waals surface area contributed by atoms with E-state index in [1.54, 1.807) is 6.92 Å². The Bertz CT molecular complexity index is 848. The molecule has 0 bridgehead atoms. The summed E-state index contributed by atoms with van der Waals surface area (Å²) in [4.78, 5) is 12.8. The second-order valence-electron chi connectivity index (χ2n) is 13.5. The van der Waals surface area contributed by atoms with Gasteiger partial charge in [-0.15, -0.1) is 0 Å². The van der Waals surface area contributed by atoms with Gasteiger partial charge in [-0.3, -0.25) is 4.79 Å². The Kier molecular flexibility index (Phi) is 46.5. The molecule has 0 aliphatic heterocycles. The summed E-state index contributed by atoms with van der Waals surface area (Å²) in [5.74, 6) is 0.116. The van der Waals surface area contributed by atoms with Gasteiger partial charge >= 0.3 is 0 Å². The van der Waals surface area contributed by atoms with Gasteiger partial charge in [-0.1, -0.05) is 0 Å². The largest absolute Gasteiger partial charge is 0.396 e. The second kappa shape index (κ2) is 47.4. The highest BCUT2D eigenvalue weighted by atomic mass is 16.6. The fourth-order valence-corrected chi connectivity index (χ4v) is 4.93. The number of nitrogens with zero attached hydrogens (tertiary/aromatic N) is 1. The van der Waals surface area contributed by atoms with Crippen LogP contribution in [0.1, 0.15) is 39.0 Å². The number of carbonyl (C=O) groups is 1. The minimum absolute atomic E-state index is 0.0846. The maximum atomic E-state index is 10.8. The molecule has 0 aromatic rings. The molecule has 0 aromatic heterocycles. The molecule has 4 unspecified atom stereocenters. The Morgan fingerprint density at radius 1 is 0.350 bits per heavy atom. The summed E-state index contributed by atoms with van der Waals surface area (Å²) in [6, 6.07) is 0. The topological polar surface area (TPSA) is 252 Å². The molecule has 6 N–H and O–H groups in total. The number of Topliss-reactive ketones (excluding diaryl/α,β-unsaturated/α-hetero) is 1. The summed E-state index contributed by atoms with van der Waals surface area (Å²) in [5.41, 5.74) is 0. The molecule has 0 fully saturated rings. The standard InChI is InChI=1S/C40H81NO19/c1-36(44)6-12-49-14-16-51-18-20-53-22-24-55-26-28-57-30-32-59-34-35-60-33-31-58-29-27-56-25-23-54-21-19-52-17-15-50-13-9-41(7-2-37(45)39(47)4-10-42)8-3-38(46)40(48)5-11-43/h37-40,42-43,45-48H,2-35H2,1H3. The van der Waals surface area contributed by atoms with E-state index in [1.807, 2.05) is 4.90 Å². The molecule has 0 saturated heterocycles. The molecule has 0 amide bonds. The van der Waals surface area contributed by atoms with Crippen LogP contribution in [0.25, 0.3) is 0 Å². The van der Waals surface area contributed by atoms with Crippen LogP contribution in [0.4, 0.5) is 0 Å². The van der Waals surface area contributed by atoms with E-state index in [9.17, 15) is 25.2 Å². The molecule has 20 nitrogen and oxygen atoms in total. The predicted molar refractivity (Wildman–Crippen MR) is 218 cm³/mol. The van der Waals surface area contributed by atoms with Crippen molar-refractivity contribution < 1.29 is 92.3 Å². The smallest absolute Gasteiger partial charge is 0.132 e. The van der Waals surface area contributed by atoms with Crippen molar-refractivity contribution in [2.24, 2.45) is 0 Å². The third kappa shape index (κ3) is 43.6. The van der Waals surface area contributed by atoms with Gasteiger partial charge in [0.15, 0.2) is 0 Å². The van der Waals surface area contributed by atoms with E-state index in [2.05, 4.69) is 0 Å². The quantitative estimate of drug-likeness (QED) is 0.0379.